The van der Waals surface area contributed by atoms with Crippen molar-refractivity contribution >= 4 is 29.2 Å². The predicted octanol–water partition coefficient (Wildman–Crippen LogP) is 4.18. The summed E-state index contributed by atoms with van der Waals surface area (Å²) in [6.45, 7) is -0.269. The second-order valence-corrected chi connectivity index (χ2v) is 6.14. The van der Waals surface area contributed by atoms with Crippen molar-refractivity contribution in [2.24, 2.45) is 5.92 Å². The molecule has 0 saturated heterocycles. The maximum Gasteiger partial charge on any atom is 0.306 e. The summed E-state index contributed by atoms with van der Waals surface area (Å²) >= 11 is 5.94. The summed E-state index contributed by atoms with van der Waals surface area (Å²) in [6, 6.07) is 6.94. The van der Waals surface area contributed by atoms with E-state index in [-0.39, 0.29) is 18.5 Å². The van der Waals surface area contributed by atoms with E-state index in [1.807, 2.05) is 0 Å². The zero-order valence-electron chi connectivity index (χ0n) is 12.6. The highest BCUT2D eigenvalue weighted by Gasteiger charge is 2.16. The molecule has 0 aliphatic heterocycles. The van der Waals surface area contributed by atoms with E-state index in [0.717, 1.165) is 6.42 Å². The topological polar surface area (TPSA) is 55.4 Å². The molecule has 1 aliphatic rings. The van der Waals surface area contributed by atoms with Crippen LogP contribution in [0.2, 0.25) is 5.02 Å². The number of carbonyl (C=O) groups is 2. The van der Waals surface area contributed by atoms with E-state index in [0.29, 0.717) is 23.0 Å². The molecular weight excluding hydrogens is 302 g/mol. The van der Waals surface area contributed by atoms with Crippen molar-refractivity contribution in [3.8, 4) is 0 Å². The van der Waals surface area contributed by atoms with Crippen LogP contribution in [0.3, 0.4) is 0 Å². The number of nitrogens with one attached hydrogen (secondary N) is 1. The lowest BCUT2D eigenvalue weighted by Gasteiger charge is -2.20. The van der Waals surface area contributed by atoms with Gasteiger partial charge in [0.1, 0.15) is 0 Å². The van der Waals surface area contributed by atoms with Crippen molar-refractivity contribution in [1.29, 1.82) is 0 Å². The summed E-state index contributed by atoms with van der Waals surface area (Å²) in [4.78, 5) is 23.4. The number of rotatable bonds is 6. The molecule has 1 fully saturated rings. The number of benzene rings is 1. The number of hydrogen-bond acceptors (Lipinski definition) is 3. The van der Waals surface area contributed by atoms with Crippen molar-refractivity contribution in [3.05, 3.63) is 29.3 Å². The number of amides is 1. The Hall–Kier alpha value is -1.55. The smallest absolute Gasteiger partial charge is 0.306 e. The second-order valence-electron chi connectivity index (χ2n) is 5.73. The third-order valence-electron chi connectivity index (χ3n) is 3.99. The van der Waals surface area contributed by atoms with Gasteiger partial charge >= 0.3 is 5.97 Å². The molecule has 0 atom stereocenters. The zero-order valence-corrected chi connectivity index (χ0v) is 13.4. The van der Waals surface area contributed by atoms with E-state index in [2.05, 4.69) is 5.32 Å². The van der Waals surface area contributed by atoms with Gasteiger partial charge < -0.3 is 10.1 Å². The van der Waals surface area contributed by atoms with E-state index in [1.165, 1.54) is 32.1 Å². The Balaban J connectivity index is 1.65. The van der Waals surface area contributed by atoms with Gasteiger partial charge in [0.05, 0.1) is 10.7 Å². The Morgan fingerprint density at radius 2 is 1.91 bits per heavy atom. The normalized spacial score (nSPS) is 15.3. The second kappa shape index (κ2) is 8.79. The van der Waals surface area contributed by atoms with E-state index in [1.54, 1.807) is 24.3 Å². The Kier molecular flexibility index (Phi) is 6.72. The molecule has 1 N–H and O–H groups in total. The largest absolute Gasteiger partial charge is 0.456 e. The minimum absolute atomic E-state index is 0.269. The van der Waals surface area contributed by atoms with Crippen LogP contribution in [0.4, 0.5) is 5.69 Å². The predicted molar refractivity (Wildman–Crippen MR) is 86.8 cm³/mol. The average Bonchev–Trinajstić information content (AvgIpc) is 2.54. The minimum Gasteiger partial charge on any atom is -0.456 e. The number of halogens is 1. The SMILES string of the molecule is O=C(COC(=O)CCC1CCCCC1)Nc1ccccc1Cl. The molecule has 1 amide bonds. The van der Waals surface area contributed by atoms with Gasteiger partial charge in [-0.05, 0) is 24.5 Å². The molecule has 1 saturated carbocycles. The number of ether oxygens (including phenoxy) is 1. The lowest BCUT2D eigenvalue weighted by Crippen LogP contribution is -2.21. The quantitative estimate of drug-likeness (QED) is 0.799. The molecule has 0 bridgehead atoms. The van der Waals surface area contributed by atoms with Crippen molar-refractivity contribution in [2.45, 2.75) is 44.9 Å². The molecule has 1 aromatic rings. The van der Waals surface area contributed by atoms with Crippen LogP contribution in [-0.2, 0) is 14.3 Å². The molecule has 2 rings (SSSR count). The monoisotopic (exact) mass is 323 g/mol. The highest BCUT2D eigenvalue weighted by molar-refractivity contribution is 6.33. The number of para-hydroxylation sites is 1. The van der Waals surface area contributed by atoms with Crippen molar-refractivity contribution in [3.63, 3.8) is 0 Å². The van der Waals surface area contributed by atoms with E-state index in [4.69, 9.17) is 16.3 Å². The van der Waals surface area contributed by atoms with Crippen LogP contribution in [-0.4, -0.2) is 18.5 Å². The van der Waals surface area contributed by atoms with Gasteiger partial charge in [-0.3, -0.25) is 9.59 Å². The average molecular weight is 324 g/mol. The molecule has 0 spiro atoms. The van der Waals surface area contributed by atoms with Gasteiger partial charge in [0.15, 0.2) is 6.61 Å². The summed E-state index contributed by atoms with van der Waals surface area (Å²) in [5.74, 6) is -0.0442. The Labute approximate surface area is 136 Å². The van der Waals surface area contributed by atoms with Gasteiger partial charge in [0.25, 0.3) is 5.91 Å². The molecule has 0 unspecified atom stereocenters. The van der Waals surface area contributed by atoms with Gasteiger partial charge in [-0.1, -0.05) is 55.8 Å². The van der Waals surface area contributed by atoms with Crippen LogP contribution in [0.5, 0.6) is 0 Å². The van der Waals surface area contributed by atoms with Gasteiger partial charge in [0.2, 0.25) is 0 Å². The molecule has 0 aromatic heterocycles. The van der Waals surface area contributed by atoms with Crippen LogP contribution in [0.25, 0.3) is 0 Å². The van der Waals surface area contributed by atoms with Crippen LogP contribution in [0.1, 0.15) is 44.9 Å². The summed E-state index contributed by atoms with van der Waals surface area (Å²) < 4.78 is 5.01. The molecule has 0 heterocycles. The highest BCUT2D eigenvalue weighted by Crippen LogP contribution is 2.27. The fraction of sp³-hybridized carbons (Fsp3) is 0.529. The molecule has 0 radical (unpaired) electrons. The first-order valence-electron chi connectivity index (χ1n) is 7.85. The van der Waals surface area contributed by atoms with Gasteiger partial charge in [-0.25, -0.2) is 0 Å². The fourth-order valence-electron chi connectivity index (χ4n) is 2.76. The van der Waals surface area contributed by atoms with Crippen LogP contribution in [0, 0.1) is 5.92 Å². The van der Waals surface area contributed by atoms with Crippen LogP contribution >= 0.6 is 11.6 Å². The molecule has 22 heavy (non-hydrogen) atoms. The molecule has 1 aromatic carbocycles. The lowest BCUT2D eigenvalue weighted by molar-refractivity contribution is -0.147. The standard InChI is InChI=1S/C17H22ClNO3/c18-14-8-4-5-9-15(14)19-16(20)12-22-17(21)11-10-13-6-2-1-3-7-13/h4-5,8-9,13H,1-3,6-7,10-12H2,(H,19,20). The first kappa shape index (κ1) is 16.8. The maximum atomic E-state index is 11.7. The van der Waals surface area contributed by atoms with Gasteiger partial charge in [-0.2, -0.15) is 0 Å². The van der Waals surface area contributed by atoms with Crippen LogP contribution < -0.4 is 5.32 Å². The van der Waals surface area contributed by atoms with Gasteiger partial charge in [0, 0.05) is 6.42 Å². The fourth-order valence-corrected chi connectivity index (χ4v) is 2.95. The summed E-state index contributed by atoms with van der Waals surface area (Å²) in [5, 5.41) is 3.08. The summed E-state index contributed by atoms with van der Waals surface area (Å²) in [6.07, 6.45) is 7.51. The number of anilines is 1. The van der Waals surface area contributed by atoms with Crippen LogP contribution in [0.15, 0.2) is 24.3 Å². The van der Waals surface area contributed by atoms with Crippen molar-refractivity contribution in [2.75, 3.05) is 11.9 Å². The summed E-state index contributed by atoms with van der Waals surface area (Å²) in [7, 11) is 0. The zero-order chi connectivity index (χ0) is 15.8. The van der Waals surface area contributed by atoms with Crippen molar-refractivity contribution < 1.29 is 14.3 Å². The first-order valence-corrected chi connectivity index (χ1v) is 8.23. The Morgan fingerprint density at radius 1 is 1.18 bits per heavy atom. The van der Waals surface area contributed by atoms with Crippen molar-refractivity contribution in [1.82, 2.24) is 0 Å². The molecular formula is C17H22ClNO3. The number of carbonyl (C=O) groups excluding carboxylic acids is 2. The lowest BCUT2D eigenvalue weighted by atomic mass is 9.86. The molecule has 5 heteroatoms. The first-order chi connectivity index (χ1) is 10.6. The van der Waals surface area contributed by atoms with E-state index in [9.17, 15) is 9.59 Å². The molecule has 1 aliphatic carbocycles. The highest BCUT2D eigenvalue weighted by atomic mass is 35.5. The number of hydrogen-bond donors (Lipinski definition) is 1. The summed E-state index contributed by atoms with van der Waals surface area (Å²) in [5.41, 5.74) is 0.521. The third-order valence-corrected chi connectivity index (χ3v) is 4.32. The molecule has 120 valence electrons. The Morgan fingerprint density at radius 3 is 2.64 bits per heavy atom. The third kappa shape index (κ3) is 5.68. The molecule has 4 nitrogen and oxygen atoms in total. The van der Waals surface area contributed by atoms with Gasteiger partial charge in [-0.15, -0.1) is 0 Å². The Bertz CT molecular complexity index is 512. The number of esters is 1. The minimum atomic E-state index is -0.376. The van der Waals surface area contributed by atoms with E-state index >= 15 is 0 Å². The maximum absolute atomic E-state index is 11.7. The van der Waals surface area contributed by atoms with E-state index < -0.39 is 0 Å².